The Kier molecular flexibility index (Phi) is 8.05. The molecule has 158 valence electrons. The number of unbranched alkanes of at least 4 members (excludes halogenated alkanes) is 2. The van der Waals surface area contributed by atoms with Gasteiger partial charge >= 0.3 is 0 Å². The van der Waals surface area contributed by atoms with Crippen molar-refractivity contribution in [1.29, 1.82) is 0 Å². The molecule has 2 amide bonds. The predicted octanol–water partition coefficient (Wildman–Crippen LogP) is 1.38. The van der Waals surface area contributed by atoms with Gasteiger partial charge in [0.05, 0.1) is 4.90 Å². The molecular weight excluding hydrogens is 418 g/mol. The highest BCUT2D eigenvalue weighted by molar-refractivity contribution is 7.93. The summed E-state index contributed by atoms with van der Waals surface area (Å²) in [5, 5.41) is 20.3. The Balaban J connectivity index is 1.79. The molecule has 0 aliphatic carbocycles. The number of carbonyl (C=O) groups is 2. The Hall–Kier alpha value is -2.57. The number of aliphatic hydroxyl groups is 1. The van der Waals surface area contributed by atoms with Gasteiger partial charge in [0.2, 0.25) is 16.9 Å². The Morgan fingerprint density at radius 1 is 1.17 bits per heavy atom. The van der Waals surface area contributed by atoms with E-state index in [-0.39, 0.29) is 28.8 Å². The van der Waals surface area contributed by atoms with Crippen molar-refractivity contribution in [2.75, 3.05) is 10.0 Å². The van der Waals surface area contributed by atoms with E-state index < -0.39 is 22.0 Å². The number of primary amides is 1. The molecule has 1 aromatic carbocycles. The van der Waals surface area contributed by atoms with Crippen LogP contribution >= 0.6 is 11.3 Å². The van der Waals surface area contributed by atoms with E-state index in [1.54, 1.807) is 6.92 Å². The minimum absolute atomic E-state index is 0.0383. The number of aliphatic hydroxyl groups excluding tert-OH is 1. The van der Waals surface area contributed by atoms with E-state index in [9.17, 15) is 23.1 Å². The molecule has 1 aromatic heterocycles. The molecule has 0 saturated carbocycles. The number of aromatic nitrogens is 2. The fourth-order valence-electron chi connectivity index (χ4n) is 2.39. The highest BCUT2D eigenvalue weighted by Gasteiger charge is 2.16. The lowest BCUT2D eigenvalue weighted by atomic mass is 10.1. The van der Waals surface area contributed by atoms with Gasteiger partial charge in [-0.3, -0.25) is 14.3 Å². The van der Waals surface area contributed by atoms with Gasteiger partial charge in [0.15, 0.2) is 0 Å². The normalized spacial score (nSPS) is 12.3. The molecule has 1 unspecified atom stereocenters. The highest BCUT2D eigenvalue weighted by atomic mass is 32.2. The topological polar surface area (TPSA) is 164 Å². The van der Waals surface area contributed by atoms with E-state index in [0.717, 1.165) is 11.3 Å². The van der Waals surface area contributed by atoms with Gasteiger partial charge in [-0.05, 0) is 44.0 Å². The summed E-state index contributed by atoms with van der Waals surface area (Å²) in [6.07, 6.45) is 1.25. The number of nitrogens with one attached hydrogen (secondary N) is 2. The van der Waals surface area contributed by atoms with Crippen LogP contribution in [-0.2, 0) is 19.6 Å². The molecule has 12 heteroatoms. The maximum absolute atomic E-state index is 12.3. The molecule has 0 saturated heterocycles. The first-order valence-corrected chi connectivity index (χ1v) is 11.2. The summed E-state index contributed by atoms with van der Waals surface area (Å²) in [6, 6.07) is 5.77. The highest BCUT2D eigenvalue weighted by Crippen LogP contribution is 2.20. The second kappa shape index (κ2) is 10.3. The number of benzene rings is 1. The second-order valence-corrected chi connectivity index (χ2v) is 9.19. The molecule has 0 aliphatic rings. The maximum Gasteiger partial charge on any atom is 0.263 e. The van der Waals surface area contributed by atoms with Crippen LogP contribution in [-0.4, -0.2) is 41.6 Å². The summed E-state index contributed by atoms with van der Waals surface area (Å²) in [5.41, 5.74) is 5.44. The number of nitrogens with two attached hydrogens (primary N) is 1. The van der Waals surface area contributed by atoms with E-state index >= 15 is 0 Å². The summed E-state index contributed by atoms with van der Waals surface area (Å²) in [5.74, 6) is -0.958. The van der Waals surface area contributed by atoms with Crippen molar-refractivity contribution in [3.63, 3.8) is 0 Å². The van der Waals surface area contributed by atoms with Crippen LogP contribution in [0.25, 0.3) is 0 Å². The number of anilines is 2. The van der Waals surface area contributed by atoms with Crippen LogP contribution in [0.5, 0.6) is 0 Å². The summed E-state index contributed by atoms with van der Waals surface area (Å²) in [7, 11) is -3.79. The van der Waals surface area contributed by atoms with Gasteiger partial charge in [0, 0.05) is 12.1 Å². The molecule has 2 rings (SSSR count). The zero-order valence-electron chi connectivity index (χ0n) is 15.8. The molecule has 2 aromatic rings. The lowest BCUT2D eigenvalue weighted by Crippen LogP contribution is -2.27. The van der Waals surface area contributed by atoms with E-state index in [2.05, 4.69) is 20.2 Å². The molecule has 29 heavy (non-hydrogen) atoms. The van der Waals surface area contributed by atoms with Crippen LogP contribution in [0.4, 0.5) is 10.8 Å². The van der Waals surface area contributed by atoms with Crippen molar-refractivity contribution in [2.45, 2.75) is 50.0 Å². The van der Waals surface area contributed by atoms with Crippen LogP contribution in [0.15, 0.2) is 29.2 Å². The van der Waals surface area contributed by atoms with Crippen molar-refractivity contribution >= 4 is 44.0 Å². The van der Waals surface area contributed by atoms with Crippen LogP contribution in [0.2, 0.25) is 0 Å². The first-order valence-electron chi connectivity index (χ1n) is 8.87. The van der Waals surface area contributed by atoms with E-state index in [0.29, 0.717) is 30.0 Å². The minimum Gasteiger partial charge on any atom is -0.383 e. The van der Waals surface area contributed by atoms with E-state index in [4.69, 9.17) is 5.73 Å². The maximum atomic E-state index is 12.3. The molecular formula is C17H23N5O5S2. The number of hydrogen-bond donors (Lipinski definition) is 4. The molecule has 0 aliphatic heterocycles. The summed E-state index contributed by atoms with van der Waals surface area (Å²) in [6.45, 7) is 1.72. The number of hydrogen-bond acceptors (Lipinski definition) is 8. The molecule has 10 nitrogen and oxygen atoms in total. The van der Waals surface area contributed by atoms with Crippen molar-refractivity contribution in [1.82, 2.24) is 10.2 Å². The van der Waals surface area contributed by atoms with Crippen molar-refractivity contribution in [3.05, 3.63) is 29.3 Å². The molecule has 0 bridgehead atoms. The number of aryl methyl sites for hydroxylation is 1. The Morgan fingerprint density at radius 2 is 1.86 bits per heavy atom. The average molecular weight is 442 g/mol. The van der Waals surface area contributed by atoms with Gasteiger partial charge in [-0.25, -0.2) is 8.42 Å². The van der Waals surface area contributed by atoms with Gasteiger partial charge < -0.3 is 16.2 Å². The zero-order valence-corrected chi connectivity index (χ0v) is 17.4. The average Bonchev–Trinajstić information content (AvgIpc) is 3.05. The molecule has 0 spiro atoms. The number of amides is 2. The fraction of sp³-hybridized carbons (Fsp3) is 0.412. The first kappa shape index (κ1) is 22.7. The molecule has 0 fully saturated rings. The molecule has 1 heterocycles. The van der Waals surface area contributed by atoms with Gasteiger partial charge in [-0.1, -0.05) is 24.2 Å². The number of rotatable bonds is 11. The number of nitrogens with zero attached hydrogens (tertiary/aromatic N) is 2. The van der Waals surface area contributed by atoms with E-state index in [1.165, 1.54) is 24.3 Å². The summed E-state index contributed by atoms with van der Waals surface area (Å²) < 4.78 is 27.0. The summed E-state index contributed by atoms with van der Waals surface area (Å²) >= 11 is 1.13. The third-order valence-corrected chi connectivity index (χ3v) is 6.14. The van der Waals surface area contributed by atoms with Crippen molar-refractivity contribution in [3.8, 4) is 0 Å². The lowest BCUT2D eigenvalue weighted by Gasteiger charge is -2.08. The van der Waals surface area contributed by atoms with Crippen LogP contribution in [0.3, 0.4) is 0 Å². The molecule has 0 radical (unpaired) electrons. The lowest BCUT2D eigenvalue weighted by molar-refractivity contribution is -0.126. The Morgan fingerprint density at radius 3 is 2.45 bits per heavy atom. The van der Waals surface area contributed by atoms with Gasteiger partial charge in [-0.2, -0.15) is 0 Å². The third kappa shape index (κ3) is 7.40. The Labute approximate surface area is 172 Å². The smallest absolute Gasteiger partial charge is 0.263 e. The van der Waals surface area contributed by atoms with Crippen molar-refractivity contribution in [2.24, 2.45) is 5.73 Å². The standard InChI is InChI=1S/C17H23N5O5S2/c1-11-20-21-17(28-11)22-29(26,27)13-9-7-12(8-10-13)19-15(24)6-4-2-3-5-14(23)16(18)25/h7-10,14,23H,2-6H2,1H3,(H2,18,25)(H,19,24)(H,21,22). The van der Waals surface area contributed by atoms with E-state index in [1.807, 2.05) is 0 Å². The predicted molar refractivity (Wildman–Crippen MR) is 109 cm³/mol. The Bertz CT molecular complexity index is 943. The molecule has 1 atom stereocenters. The van der Waals surface area contributed by atoms with Crippen molar-refractivity contribution < 1.29 is 23.1 Å². The second-order valence-electron chi connectivity index (χ2n) is 6.32. The fourth-order valence-corrected chi connectivity index (χ4v) is 4.22. The number of carbonyl (C=O) groups excluding carboxylic acids is 2. The third-order valence-electron chi connectivity index (χ3n) is 3.91. The van der Waals surface area contributed by atoms with Crippen LogP contribution in [0, 0.1) is 6.92 Å². The summed E-state index contributed by atoms with van der Waals surface area (Å²) in [4.78, 5) is 22.7. The SMILES string of the molecule is Cc1nnc(NS(=O)(=O)c2ccc(NC(=O)CCCCCC(O)C(N)=O)cc2)s1. The van der Waals surface area contributed by atoms with Gasteiger partial charge in [0.1, 0.15) is 11.1 Å². The quantitative estimate of drug-likeness (QED) is 0.382. The van der Waals surface area contributed by atoms with Gasteiger partial charge in [-0.15, -0.1) is 10.2 Å². The first-order chi connectivity index (χ1) is 13.7. The monoisotopic (exact) mass is 441 g/mol. The zero-order chi connectivity index (χ0) is 21.4. The molecule has 5 N–H and O–H groups in total. The minimum atomic E-state index is -3.79. The van der Waals surface area contributed by atoms with Crippen LogP contribution in [0.1, 0.15) is 37.1 Å². The van der Waals surface area contributed by atoms with Crippen LogP contribution < -0.4 is 15.8 Å². The number of sulfonamides is 1. The largest absolute Gasteiger partial charge is 0.383 e. The van der Waals surface area contributed by atoms with Gasteiger partial charge in [0.25, 0.3) is 10.0 Å².